The van der Waals surface area contributed by atoms with E-state index < -0.39 is 0 Å². The van der Waals surface area contributed by atoms with Crippen LogP contribution in [0.4, 0.5) is 0 Å². The fraction of sp³-hybridized carbons (Fsp3) is 0.375. The zero-order chi connectivity index (χ0) is 7.68. The largest absolute Gasteiger partial charge is 0.310 e. The Morgan fingerprint density at radius 3 is 2.91 bits per heavy atom. The van der Waals surface area contributed by atoms with Crippen LogP contribution in [0.15, 0.2) is 22.9 Å². The molecule has 0 spiro atoms. The Hall–Kier alpha value is -0.410. The quantitative estimate of drug-likeness (QED) is 0.770. The molecule has 3 heteroatoms. The fourth-order valence-electron chi connectivity index (χ4n) is 1.19. The summed E-state index contributed by atoms with van der Waals surface area (Å²) in [6, 6.07) is 2.66. The van der Waals surface area contributed by atoms with Crippen LogP contribution in [0.5, 0.6) is 0 Å². The van der Waals surface area contributed by atoms with E-state index in [1.165, 1.54) is 12.0 Å². The minimum absolute atomic E-state index is 0.542. The molecule has 0 unspecified atom stereocenters. The second-order valence-electron chi connectivity index (χ2n) is 2.73. The van der Waals surface area contributed by atoms with Crippen molar-refractivity contribution in [2.45, 2.75) is 12.5 Å². The third-order valence-electron chi connectivity index (χ3n) is 1.95. The molecule has 0 amide bonds. The van der Waals surface area contributed by atoms with Crippen molar-refractivity contribution in [3.63, 3.8) is 0 Å². The van der Waals surface area contributed by atoms with Gasteiger partial charge in [0, 0.05) is 22.9 Å². The molecule has 1 N–H and O–H groups in total. The van der Waals surface area contributed by atoms with Crippen molar-refractivity contribution in [2.75, 3.05) is 6.54 Å². The Kier molecular flexibility index (Phi) is 1.92. The molecule has 2 rings (SSSR count). The predicted octanol–water partition coefficient (Wildman–Crippen LogP) is 1.88. The summed E-state index contributed by atoms with van der Waals surface area (Å²) < 4.78 is 1.06. The van der Waals surface area contributed by atoms with E-state index in [9.17, 15) is 0 Å². The van der Waals surface area contributed by atoms with Gasteiger partial charge in [0.05, 0.1) is 0 Å². The van der Waals surface area contributed by atoms with Gasteiger partial charge in [-0.3, -0.25) is 4.98 Å². The van der Waals surface area contributed by atoms with Crippen LogP contribution in [0.3, 0.4) is 0 Å². The highest BCUT2D eigenvalue weighted by Gasteiger charge is 2.18. The Balaban J connectivity index is 2.23. The first-order valence-corrected chi connectivity index (χ1v) is 4.49. The Morgan fingerprint density at radius 2 is 2.36 bits per heavy atom. The summed E-state index contributed by atoms with van der Waals surface area (Å²) in [5.41, 5.74) is 1.28. The molecule has 2 nitrogen and oxygen atoms in total. The van der Waals surface area contributed by atoms with E-state index in [2.05, 4.69) is 32.3 Å². The van der Waals surface area contributed by atoms with E-state index in [1.807, 2.05) is 12.4 Å². The summed E-state index contributed by atoms with van der Waals surface area (Å²) in [4.78, 5) is 4.10. The molecule has 1 atom stereocenters. The zero-order valence-corrected chi connectivity index (χ0v) is 7.63. The van der Waals surface area contributed by atoms with Crippen LogP contribution in [0.1, 0.15) is 18.0 Å². The normalized spacial score (nSPS) is 22.8. The molecule has 0 aliphatic carbocycles. The smallest absolute Gasteiger partial charge is 0.0410 e. The average Bonchev–Trinajstić information content (AvgIpc) is 1.83. The van der Waals surface area contributed by atoms with E-state index in [4.69, 9.17) is 0 Å². The highest BCUT2D eigenvalue weighted by molar-refractivity contribution is 9.10. The Morgan fingerprint density at radius 1 is 1.55 bits per heavy atom. The third kappa shape index (κ3) is 1.44. The summed E-state index contributed by atoms with van der Waals surface area (Å²) >= 11 is 3.39. The monoisotopic (exact) mass is 212 g/mol. The molecule has 0 bridgehead atoms. The first kappa shape index (κ1) is 7.25. The van der Waals surface area contributed by atoms with Crippen LogP contribution in [-0.4, -0.2) is 11.5 Å². The van der Waals surface area contributed by atoms with Crippen molar-refractivity contribution in [1.29, 1.82) is 0 Å². The molecule has 0 saturated carbocycles. The lowest BCUT2D eigenvalue weighted by Gasteiger charge is -2.27. The first-order valence-electron chi connectivity index (χ1n) is 3.70. The molecule has 1 aliphatic heterocycles. The van der Waals surface area contributed by atoms with Crippen LogP contribution >= 0.6 is 15.9 Å². The van der Waals surface area contributed by atoms with Gasteiger partial charge in [0.15, 0.2) is 0 Å². The van der Waals surface area contributed by atoms with Gasteiger partial charge in [-0.25, -0.2) is 0 Å². The summed E-state index contributed by atoms with van der Waals surface area (Å²) in [6.07, 6.45) is 4.96. The van der Waals surface area contributed by atoms with Crippen LogP contribution in [0.25, 0.3) is 0 Å². The number of aromatic nitrogens is 1. The first-order chi connectivity index (χ1) is 5.36. The summed E-state index contributed by atoms with van der Waals surface area (Å²) in [7, 11) is 0. The molecule has 0 aromatic carbocycles. The number of halogens is 1. The molecule has 11 heavy (non-hydrogen) atoms. The van der Waals surface area contributed by atoms with Crippen molar-refractivity contribution in [1.82, 2.24) is 10.3 Å². The van der Waals surface area contributed by atoms with Crippen LogP contribution in [0, 0.1) is 0 Å². The van der Waals surface area contributed by atoms with Gasteiger partial charge in [0.2, 0.25) is 0 Å². The zero-order valence-electron chi connectivity index (χ0n) is 6.05. The summed E-state index contributed by atoms with van der Waals surface area (Å²) in [5.74, 6) is 0. The molecule has 58 valence electrons. The highest BCUT2D eigenvalue weighted by atomic mass is 79.9. The molecule has 2 heterocycles. The van der Waals surface area contributed by atoms with Crippen LogP contribution in [-0.2, 0) is 0 Å². The number of pyridine rings is 1. The van der Waals surface area contributed by atoms with Crippen molar-refractivity contribution < 1.29 is 0 Å². The average molecular weight is 213 g/mol. The molecule has 1 aromatic heterocycles. The third-order valence-corrected chi connectivity index (χ3v) is 2.39. The van der Waals surface area contributed by atoms with Crippen molar-refractivity contribution >= 4 is 15.9 Å². The fourth-order valence-corrected chi connectivity index (χ4v) is 1.57. The second kappa shape index (κ2) is 2.91. The molecule has 1 saturated heterocycles. The van der Waals surface area contributed by atoms with Gasteiger partial charge < -0.3 is 5.32 Å². The Bertz CT molecular complexity index is 258. The summed E-state index contributed by atoms with van der Waals surface area (Å²) in [5, 5.41) is 3.33. The highest BCUT2D eigenvalue weighted by Crippen LogP contribution is 2.23. The SMILES string of the molecule is Brc1cncc([C@@H]2CCN2)c1. The van der Waals surface area contributed by atoms with Gasteiger partial charge >= 0.3 is 0 Å². The molecular formula is C8H9BrN2. The van der Waals surface area contributed by atoms with Gasteiger partial charge in [-0.05, 0) is 40.5 Å². The topological polar surface area (TPSA) is 24.9 Å². The molecule has 1 aliphatic rings. The number of nitrogens with zero attached hydrogens (tertiary/aromatic N) is 1. The lowest BCUT2D eigenvalue weighted by molar-refractivity contribution is 0.382. The number of rotatable bonds is 1. The minimum atomic E-state index is 0.542. The standard InChI is InChI=1S/C8H9BrN2/c9-7-3-6(4-10-5-7)8-1-2-11-8/h3-5,8,11H,1-2H2/t8-/m0/s1. The number of nitrogens with one attached hydrogen (secondary N) is 1. The van der Waals surface area contributed by atoms with Crippen molar-refractivity contribution in [3.05, 3.63) is 28.5 Å². The van der Waals surface area contributed by atoms with Gasteiger partial charge in [-0.1, -0.05) is 0 Å². The van der Waals surface area contributed by atoms with Crippen LogP contribution < -0.4 is 5.32 Å². The van der Waals surface area contributed by atoms with Gasteiger partial charge in [0.25, 0.3) is 0 Å². The minimum Gasteiger partial charge on any atom is -0.310 e. The van der Waals surface area contributed by atoms with E-state index >= 15 is 0 Å². The Labute approximate surface area is 74.2 Å². The maximum atomic E-state index is 4.10. The van der Waals surface area contributed by atoms with Gasteiger partial charge in [-0.15, -0.1) is 0 Å². The predicted molar refractivity (Wildman–Crippen MR) is 47.3 cm³/mol. The van der Waals surface area contributed by atoms with Gasteiger partial charge in [0.1, 0.15) is 0 Å². The molecule has 1 fully saturated rings. The number of hydrogen-bond acceptors (Lipinski definition) is 2. The van der Waals surface area contributed by atoms with E-state index in [0.29, 0.717) is 6.04 Å². The van der Waals surface area contributed by atoms with Crippen molar-refractivity contribution in [3.8, 4) is 0 Å². The van der Waals surface area contributed by atoms with Crippen LogP contribution in [0.2, 0.25) is 0 Å². The van der Waals surface area contributed by atoms with E-state index in [1.54, 1.807) is 0 Å². The summed E-state index contributed by atoms with van der Waals surface area (Å²) in [6.45, 7) is 1.14. The van der Waals surface area contributed by atoms with Crippen molar-refractivity contribution in [2.24, 2.45) is 0 Å². The molecule has 1 aromatic rings. The van der Waals surface area contributed by atoms with E-state index in [0.717, 1.165) is 11.0 Å². The maximum absolute atomic E-state index is 4.10. The maximum Gasteiger partial charge on any atom is 0.0410 e. The lowest BCUT2D eigenvalue weighted by atomic mass is 10.0. The molecular weight excluding hydrogens is 204 g/mol. The van der Waals surface area contributed by atoms with Gasteiger partial charge in [-0.2, -0.15) is 0 Å². The molecule has 0 radical (unpaired) electrons. The number of hydrogen-bond donors (Lipinski definition) is 1. The van der Waals surface area contributed by atoms with E-state index in [-0.39, 0.29) is 0 Å². The second-order valence-corrected chi connectivity index (χ2v) is 3.65. The lowest BCUT2D eigenvalue weighted by Crippen LogP contribution is -2.34.